The van der Waals surface area contributed by atoms with E-state index in [1.807, 2.05) is 19.9 Å². The van der Waals surface area contributed by atoms with Gasteiger partial charge in [-0.05, 0) is 42.3 Å². The Balaban J connectivity index is 1.90. The van der Waals surface area contributed by atoms with Gasteiger partial charge in [-0.15, -0.1) is 0 Å². The van der Waals surface area contributed by atoms with Crippen molar-refractivity contribution in [2.24, 2.45) is 5.92 Å². The molecule has 0 spiro atoms. The lowest BCUT2D eigenvalue weighted by atomic mass is 10.1. The third-order valence-electron chi connectivity index (χ3n) is 3.71. The number of oxazole rings is 1. The van der Waals surface area contributed by atoms with Gasteiger partial charge in [-0.3, -0.25) is 4.79 Å². The summed E-state index contributed by atoms with van der Waals surface area (Å²) in [7, 11) is 0. The first kappa shape index (κ1) is 16.9. The first-order valence-electron chi connectivity index (χ1n) is 8.14. The molecule has 128 valence electrons. The molecule has 4 nitrogen and oxygen atoms in total. The van der Waals surface area contributed by atoms with E-state index in [0.29, 0.717) is 35.2 Å². The van der Waals surface area contributed by atoms with Crippen LogP contribution in [0.5, 0.6) is 0 Å². The number of aromatic nitrogens is 1. The van der Waals surface area contributed by atoms with Crippen molar-refractivity contribution in [2.45, 2.75) is 13.8 Å². The summed E-state index contributed by atoms with van der Waals surface area (Å²) < 4.78 is 18.9. The van der Waals surface area contributed by atoms with Crippen molar-refractivity contribution in [3.63, 3.8) is 0 Å². The molecule has 0 aliphatic heterocycles. The van der Waals surface area contributed by atoms with E-state index >= 15 is 0 Å². The Hall–Kier alpha value is -2.95. The topological polar surface area (TPSA) is 55.1 Å². The summed E-state index contributed by atoms with van der Waals surface area (Å²) in [5.41, 5.74) is 1.86. The zero-order valence-corrected chi connectivity index (χ0v) is 14.1. The average Bonchev–Trinajstić information content (AvgIpc) is 3.10. The van der Waals surface area contributed by atoms with Crippen LogP contribution in [-0.2, 0) is 0 Å². The number of benzene rings is 2. The number of amides is 1. The third-order valence-corrected chi connectivity index (χ3v) is 3.71. The Bertz CT molecular complexity index is 869. The molecule has 0 radical (unpaired) electrons. The van der Waals surface area contributed by atoms with Crippen molar-refractivity contribution in [1.29, 1.82) is 0 Å². The molecule has 0 atom stereocenters. The highest BCUT2D eigenvalue weighted by Crippen LogP contribution is 2.28. The van der Waals surface area contributed by atoms with Crippen LogP contribution in [0.1, 0.15) is 24.2 Å². The molecule has 1 aromatic heterocycles. The van der Waals surface area contributed by atoms with Crippen LogP contribution >= 0.6 is 0 Å². The lowest BCUT2D eigenvalue weighted by Gasteiger charge is -2.09. The maximum Gasteiger partial charge on any atom is 0.252 e. The lowest BCUT2D eigenvalue weighted by Crippen LogP contribution is -2.27. The highest BCUT2D eigenvalue weighted by molar-refractivity contribution is 6.00. The van der Waals surface area contributed by atoms with E-state index in [-0.39, 0.29) is 11.7 Å². The third kappa shape index (κ3) is 3.94. The van der Waals surface area contributed by atoms with Crippen molar-refractivity contribution in [3.05, 3.63) is 66.1 Å². The van der Waals surface area contributed by atoms with E-state index in [4.69, 9.17) is 4.42 Å². The fourth-order valence-corrected chi connectivity index (χ4v) is 2.41. The summed E-state index contributed by atoms with van der Waals surface area (Å²) in [5.74, 6) is 0.770. The SMILES string of the molecule is CC(C)CNC(=O)c1ccccc1-c1ncc(-c2ccc(F)cc2)o1. The number of nitrogens with one attached hydrogen (secondary N) is 1. The zero-order chi connectivity index (χ0) is 17.8. The van der Waals surface area contributed by atoms with Crippen molar-refractivity contribution in [1.82, 2.24) is 10.3 Å². The highest BCUT2D eigenvalue weighted by Gasteiger charge is 2.17. The van der Waals surface area contributed by atoms with Gasteiger partial charge in [-0.2, -0.15) is 0 Å². The van der Waals surface area contributed by atoms with Gasteiger partial charge < -0.3 is 9.73 Å². The van der Waals surface area contributed by atoms with Gasteiger partial charge in [0.2, 0.25) is 5.89 Å². The minimum atomic E-state index is -0.310. The molecule has 3 aromatic rings. The Kier molecular flexibility index (Phi) is 4.93. The molecular weight excluding hydrogens is 319 g/mol. The smallest absolute Gasteiger partial charge is 0.252 e. The number of carbonyl (C=O) groups is 1. The molecule has 0 saturated heterocycles. The van der Waals surface area contributed by atoms with Crippen molar-refractivity contribution < 1.29 is 13.6 Å². The van der Waals surface area contributed by atoms with E-state index in [1.54, 1.807) is 36.5 Å². The van der Waals surface area contributed by atoms with Crippen LogP contribution in [0, 0.1) is 11.7 Å². The molecule has 0 aliphatic carbocycles. The number of rotatable bonds is 5. The Labute approximate surface area is 145 Å². The Morgan fingerprint density at radius 3 is 2.60 bits per heavy atom. The molecule has 1 amide bonds. The van der Waals surface area contributed by atoms with Gasteiger partial charge in [0.05, 0.1) is 11.8 Å². The maximum atomic E-state index is 13.1. The number of hydrogen-bond donors (Lipinski definition) is 1. The van der Waals surface area contributed by atoms with Crippen LogP contribution < -0.4 is 5.32 Å². The van der Waals surface area contributed by atoms with Crippen LogP contribution in [0.2, 0.25) is 0 Å². The second kappa shape index (κ2) is 7.30. The van der Waals surface area contributed by atoms with Gasteiger partial charge in [0.25, 0.3) is 5.91 Å². The van der Waals surface area contributed by atoms with Gasteiger partial charge >= 0.3 is 0 Å². The van der Waals surface area contributed by atoms with Gasteiger partial charge in [-0.25, -0.2) is 9.37 Å². The summed E-state index contributed by atoms with van der Waals surface area (Å²) in [6.45, 7) is 4.67. The minimum absolute atomic E-state index is 0.161. The van der Waals surface area contributed by atoms with Gasteiger partial charge in [0.15, 0.2) is 5.76 Å². The highest BCUT2D eigenvalue weighted by atomic mass is 19.1. The molecule has 0 unspecified atom stereocenters. The van der Waals surface area contributed by atoms with Crippen LogP contribution in [0.3, 0.4) is 0 Å². The summed E-state index contributed by atoms with van der Waals surface area (Å²) in [4.78, 5) is 16.7. The van der Waals surface area contributed by atoms with Crippen LogP contribution in [0.25, 0.3) is 22.8 Å². The molecule has 0 fully saturated rings. The second-order valence-corrected chi connectivity index (χ2v) is 6.19. The molecule has 0 saturated carbocycles. The summed E-state index contributed by atoms with van der Waals surface area (Å²) in [6.07, 6.45) is 1.57. The van der Waals surface area contributed by atoms with E-state index in [0.717, 1.165) is 5.56 Å². The molecule has 1 heterocycles. The first-order chi connectivity index (χ1) is 12.0. The Morgan fingerprint density at radius 1 is 1.16 bits per heavy atom. The van der Waals surface area contributed by atoms with Crippen molar-refractivity contribution in [2.75, 3.05) is 6.54 Å². The second-order valence-electron chi connectivity index (χ2n) is 6.19. The first-order valence-corrected chi connectivity index (χ1v) is 8.14. The van der Waals surface area contributed by atoms with E-state index in [1.165, 1.54) is 12.1 Å². The van der Waals surface area contributed by atoms with Crippen molar-refractivity contribution in [3.8, 4) is 22.8 Å². The van der Waals surface area contributed by atoms with Gasteiger partial charge in [0, 0.05) is 17.7 Å². The maximum absolute atomic E-state index is 13.1. The van der Waals surface area contributed by atoms with Crippen LogP contribution in [0.4, 0.5) is 4.39 Å². The summed E-state index contributed by atoms with van der Waals surface area (Å²) in [5, 5.41) is 2.90. The predicted molar refractivity (Wildman–Crippen MR) is 94.5 cm³/mol. The number of carbonyl (C=O) groups excluding carboxylic acids is 1. The van der Waals surface area contributed by atoms with Crippen LogP contribution in [-0.4, -0.2) is 17.4 Å². The molecular formula is C20H19FN2O2. The molecule has 5 heteroatoms. The summed E-state index contributed by atoms with van der Waals surface area (Å²) in [6, 6.07) is 13.2. The summed E-state index contributed by atoms with van der Waals surface area (Å²) >= 11 is 0. The van der Waals surface area contributed by atoms with Crippen molar-refractivity contribution >= 4 is 5.91 Å². The number of hydrogen-bond acceptors (Lipinski definition) is 3. The predicted octanol–water partition coefficient (Wildman–Crippen LogP) is 4.53. The zero-order valence-electron chi connectivity index (χ0n) is 14.1. The minimum Gasteiger partial charge on any atom is -0.436 e. The molecule has 2 aromatic carbocycles. The largest absolute Gasteiger partial charge is 0.436 e. The fourth-order valence-electron chi connectivity index (χ4n) is 2.41. The Morgan fingerprint density at radius 2 is 1.88 bits per heavy atom. The molecule has 0 bridgehead atoms. The molecule has 0 aliphatic rings. The molecule has 25 heavy (non-hydrogen) atoms. The molecule has 3 rings (SSSR count). The molecule has 1 N–H and O–H groups in total. The average molecular weight is 338 g/mol. The van der Waals surface area contributed by atoms with E-state index in [2.05, 4.69) is 10.3 Å². The monoisotopic (exact) mass is 338 g/mol. The quantitative estimate of drug-likeness (QED) is 0.743. The van der Waals surface area contributed by atoms with E-state index < -0.39 is 0 Å². The van der Waals surface area contributed by atoms with Crippen LogP contribution in [0.15, 0.2) is 59.1 Å². The number of nitrogens with zero attached hydrogens (tertiary/aromatic N) is 1. The fraction of sp³-hybridized carbons (Fsp3) is 0.200. The standard InChI is InChI=1S/C20H19FN2O2/c1-13(2)11-22-19(24)16-5-3-4-6-17(16)20-23-12-18(25-20)14-7-9-15(21)10-8-14/h3-10,12-13H,11H2,1-2H3,(H,22,24). The van der Waals surface area contributed by atoms with Gasteiger partial charge in [-0.1, -0.05) is 26.0 Å². The number of halogens is 1. The normalized spacial score (nSPS) is 10.9. The van der Waals surface area contributed by atoms with Gasteiger partial charge in [0.1, 0.15) is 5.82 Å². The lowest BCUT2D eigenvalue weighted by molar-refractivity contribution is 0.0949. The van der Waals surface area contributed by atoms with E-state index in [9.17, 15) is 9.18 Å².